The van der Waals surface area contributed by atoms with Gasteiger partial charge in [-0.15, -0.1) is 0 Å². The number of aromatic nitrogens is 2. The number of rotatable bonds is 3. The molecule has 0 radical (unpaired) electrons. The van der Waals surface area contributed by atoms with Gasteiger partial charge >= 0.3 is 5.97 Å². The van der Waals surface area contributed by atoms with Gasteiger partial charge in [-0.05, 0) is 53.3 Å². The summed E-state index contributed by atoms with van der Waals surface area (Å²) in [6.07, 6.45) is 7.73. The lowest BCUT2D eigenvalue weighted by molar-refractivity contribution is 0.0594. The Hall–Kier alpha value is -3.14. The Morgan fingerprint density at radius 2 is 2.04 bits per heavy atom. The lowest BCUT2D eigenvalue weighted by atomic mass is 10.0. The Bertz CT molecular complexity index is 955. The summed E-state index contributed by atoms with van der Waals surface area (Å²) in [4.78, 5) is 19.1. The molecule has 1 aliphatic rings. The Balaban J connectivity index is 1.67. The van der Waals surface area contributed by atoms with Crippen LogP contribution in [0.25, 0.3) is 22.8 Å². The van der Waals surface area contributed by atoms with E-state index in [1.54, 1.807) is 6.20 Å². The number of nitrogens with zero attached hydrogens (tertiary/aromatic N) is 1. The normalized spacial score (nSPS) is 14.5. The molecule has 2 aromatic heterocycles. The van der Waals surface area contributed by atoms with Crippen molar-refractivity contribution in [1.82, 2.24) is 9.97 Å². The van der Waals surface area contributed by atoms with Crippen molar-refractivity contribution in [2.24, 2.45) is 0 Å². The zero-order chi connectivity index (χ0) is 17.2. The van der Waals surface area contributed by atoms with Crippen LogP contribution in [-0.2, 0) is 11.2 Å². The molecule has 124 valence electrons. The molecule has 1 N–H and O–H groups in total. The SMILES string of the molecule is COC(=O)c1cc2c([nH]1)CC/C2=C\c1cccc(-c2cccnc2)c1. The molecule has 1 aromatic carbocycles. The predicted octanol–water partition coefficient (Wildman–Crippen LogP) is 4.35. The number of pyridine rings is 1. The van der Waals surface area contributed by atoms with Crippen molar-refractivity contribution >= 4 is 17.6 Å². The average Bonchev–Trinajstić information content (AvgIpc) is 3.24. The lowest BCUT2D eigenvalue weighted by Gasteiger charge is -2.04. The largest absolute Gasteiger partial charge is 0.464 e. The van der Waals surface area contributed by atoms with Crippen LogP contribution in [-0.4, -0.2) is 23.0 Å². The van der Waals surface area contributed by atoms with Gasteiger partial charge in [0.1, 0.15) is 5.69 Å². The summed E-state index contributed by atoms with van der Waals surface area (Å²) in [7, 11) is 1.40. The first-order chi connectivity index (χ1) is 12.2. The van der Waals surface area contributed by atoms with Crippen LogP contribution in [0.1, 0.15) is 33.7 Å². The van der Waals surface area contributed by atoms with Crippen LogP contribution in [0.4, 0.5) is 0 Å². The van der Waals surface area contributed by atoms with Crippen LogP contribution in [0.3, 0.4) is 0 Å². The molecule has 0 unspecified atom stereocenters. The Morgan fingerprint density at radius 3 is 2.84 bits per heavy atom. The van der Waals surface area contributed by atoms with Gasteiger partial charge < -0.3 is 9.72 Å². The first-order valence-corrected chi connectivity index (χ1v) is 8.26. The molecule has 0 spiro atoms. The van der Waals surface area contributed by atoms with Crippen molar-refractivity contribution in [1.29, 1.82) is 0 Å². The first-order valence-electron chi connectivity index (χ1n) is 8.26. The number of hydrogen-bond acceptors (Lipinski definition) is 3. The fourth-order valence-corrected chi connectivity index (χ4v) is 3.29. The van der Waals surface area contributed by atoms with Gasteiger partial charge in [0.05, 0.1) is 7.11 Å². The van der Waals surface area contributed by atoms with Crippen LogP contribution in [0.5, 0.6) is 0 Å². The van der Waals surface area contributed by atoms with Crippen molar-refractivity contribution in [3.8, 4) is 11.1 Å². The molecule has 2 heterocycles. The quantitative estimate of drug-likeness (QED) is 0.726. The summed E-state index contributed by atoms with van der Waals surface area (Å²) in [5, 5.41) is 0. The smallest absolute Gasteiger partial charge is 0.354 e. The molecule has 0 saturated carbocycles. The summed E-state index contributed by atoms with van der Waals surface area (Å²) in [6.45, 7) is 0. The van der Waals surface area contributed by atoms with E-state index >= 15 is 0 Å². The second kappa shape index (κ2) is 6.40. The molecular formula is C21H18N2O2. The number of nitrogens with one attached hydrogen (secondary N) is 1. The van der Waals surface area contributed by atoms with E-state index in [-0.39, 0.29) is 5.97 Å². The number of aryl methyl sites for hydroxylation is 1. The Labute approximate surface area is 146 Å². The molecule has 0 saturated heterocycles. The second-order valence-electron chi connectivity index (χ2n) is 6.10. The number of ether oxygens (including phenoxy) is 1. The summed E-state index contributed by atoms with van der Waals surface area (Å²) < 4.78 is 4.80. The highest BCUT2D eigenvalue weighted by Gasteiger charge is 2.21. The van der Waals surface area contributed by atoms with Gasteiger partial charge in [0, 0.05) is 23.7 Å². The molecule has 0 fully saturated rings. The third-order valence-corrected chi connectivity index (χ3v) is 4.52. The van der Waals surface area contributed by atoms with Crippen molar-refractivity contribution in [2.45, 2.75) is 12.8 Å². The third-order valence-electron chi connectivity index (χ3n) is 4.52. The van der Waals surface area contributed by atoms with Crippen molar-refractivity contribution in [3.63, 3.8) is 0 Å². The average molecular weight is 330 g/mol. The number of fused-ring (bicyclic) bond motifs is 1. The van der Waals surface area contributed by atoms with Gasteiger partial charge in [-0.2, -0.15) is 0 Å². The zero-order valence-electron chi connectivity index (χ0n) is 14.0. The minimum absolute atomic E-state index is 0.327. The Kier molecular flexibility index (Phi) is 3.94. The number of esters is 1. The standard InChI is InChI=1S/C21H18N2O2/c1-25-21(24)20-12-18-16(7-8-19(18)23-20)11-14-4-2-5-15(10-14)17-6-3-9-22-13-17/h2-6,9-13,23H,7-8H2,1H3/b16-11+. The highest BCUT2D eigenvalue weighted by molar-refractivity contribution is 5.92. The summed E-state index contributed by atoms with van der Waals surface area (Å²) in [5.74, 6) is -0.327. The van der Waals surface area contributed by atoms with Crippen LogP contribution in [0, 0.1) is 0 Å². The van der Waals surface area contributed by atoms with Crippen LogP contribution < -0.4 is 0 Å². The number of benzene rings is 1. The number of carbonyl (C=O) groups is 1. The van der Waals surface area contributed by atoms with Gasteiger partial charge in [0.25, 0.3) is 0 Å². The molecule has 0 atom stereocenters. The number of allylic oxidation sites excluding steroid dienone is 1. The zero-order valence-corrected chi connectivity index (χ0v) is 14.0. The molecule has 1 aliphatic carbocycles. The van der Waals surface area contributed by atoms with Crippen LogP contribution in [0.15, 0.2) is 54.9 Å². The van der Waals surface area contributed by atoms with E-state index in [0.717, 1.165) is 40.8 Å². The minimum atomic E-state index is -0.327. The maximum Gasteiger partial charge on any atom is 0.354 e. The monoisotopic (exact) mass is 330 g/mol. The van der Waals surface area contributed by atoms with E-state index in [4.69, 9.17) is 4.74 Å². The molecule has 4 nitrogen and oxygen atoms in total. The predicted molar refractivity (Wildman–Crippen MR) is 98.0 cm³/mol. The molecule has 25 heavy (non-hydrogen) atoms. The summed E-state index contributed by atoms with van der Waals surface area (Å²) in [5.41, 5.74) is 7.37. The van der Waals surface area contributed by atoms with Gasteiger partial charge in [-0.25, -0.2) is 4.79 Å². The van der Waals surface area contributed by atoms with Crippen LogP contribution >= 0.6 is 0 Å². The minimum Gasteiger partial charge on any atom is -0.464 e. The highest BCUT2D eigenvalue weighted by Crippen LogP contribution is 2.34. The van der Waals surface area contributed by atoms with Gasteiger partial charge in [-0.3, -0.25) is 4.98 Å². The van der Waals surface area contributed by atoms with Crippen LogP contribution in [0.2, 0.25) is 0 Å². The van der Waals surface area contributed by atoms with E-state index in [1.807, 2.05) is 18.3 Å². The molecule has 4 heteroatoms. The fourth-order valence-electron chi connectivity index (χ4n) is 3.29. The van der Waals surface area contributed by atoms with Gasteiger partial charge in [0.2, 0.25) is 0 Å². The molecule has 4 rings (SSSR count). The van der Waals surface area contributed by atoms with E-state index in [9.17, 15) is 4.79 Å². The highest BCUT2D eigenvalue weighted by atomic mass is 16.5. The number of aromatic amines is 1. The van der Waals surface area contributed by atoms with Crippen molar-refractivity contribution < 1.29 is 9.53 Å². The van der Waals surface area contributed by atoms with E-state index in [2.05, 4.69) is 46.4 Å². The Morgan fingerprint density at radius 1 is 1.16 bits per heavy atom. The van der Waals surface area contributed by atoms with E-state index in [0.29, 0.717) is 5.69 Å². The van der Waals surface area contributed by atoms with E-state index < -0.39 is 0 Å². The van der Waals surface area contributed by atoms with Gasteiger partial charge in [0.15, 0.2) is 0 Å². The topological polar surface area (TPSA) is 55.0 Å². The molecule has 0 aliphatic heterocycles. The third kappa shape index (κ3) is 2.98. The number of methoxy groups -OCH3 is 1. The second-order valence-corrected chi connectivity index (χ2v) is 6.10. The number of H-pyrrole nitrogens is 1. The molecule has 0 amide bonds. The molecule has 3 aromatic rings. The maximum absolute atomic E-state index is 11.7. The fraction of sp³-hybridized carbons (Fsp3) is 0.143. The molecular weight excluding hydrogens is 312 g/mol. The van der Waals surface area contributed by atoms with E-state index in [1.165, 1.54) is 12.7 Å². The van der Waals surface area contributed by atoms with Gasteiger partial charge in [-0.1, -0.05) is 30.3 Å². The summed E-state index contributed by atoms with van der Waals surface area (Å²) in [6, 6.07) is 14.3. The number of hydrogen-bond donors (Lipinski definition) is 1. The maximum atomic E-state index is 11.7. The molecule has 0 bridgehead atoms. The lowest BCUT2D eigenvalue weighted by Crippen LogP contribution is -2.01. The first kappa shape index (κ1) is 15.4. The van der Waals surface area contributed by atoms with Crippen molar-refractivity contribution in [3.05, 3.63) is 77.4 Å². The summed E-state index contributed by atoms with van der Waals surface area (Å²) >= 11 is 0. The number of carbonyl (C=O) groups excluding carboxylic acids is 1. The van der Waals surface area contributed by atoms with Crippen molar-refractivity contribution in [2.75, 3.05) is 7.11 Å².